The van der Waals surface area contributed by atoms with Crippen molar-refractivity contribution in [2.24, 2.45) is 0 Å². The van der Waals surface area contributed by atoms with Crippen LogP contribution in [0.5, 0.6) is 5.75 Å². The number of aromatic hydroxyl groups is 1. The number of carboxylic acids is 1. The van der Waals surface area contributed by atoms with Crippen LogP contribution in [0, 0.1) is 7.14 Å². The number of aliphatic carboxylic acids is 1. The molecular formula is C12H13I2NO4. The Bertz CT molecular complexity index is 505. The van der Waals surface area contributed by atoms with E-state index in [-0.39, 0.29) is 11.3 Å². The normalized spacial score (nSPS) is 11.9. The van der Waals surface area contributed by atoms with Crippen LogP contribution in [0.15, 0.2) is 12.1 Å². The number of carboxylic acid groups (broad SMARTS) is 1. The van der Waals surface area contributed by atoms with Gasteiger partial charge < -0.3 is 15.5 Å². The summed E-state index contributed by atoms with van der Waals surface area (Å²) in [5.41, 5.74) is 0.0960. The van der Waals surface area contributed by atoms with Gasteiger partial charge in [-0.25, -0.2) is 4.79 Å². The van der Waals surface area contributed by atoms with E-state index < -0.39 is 17.9 Å². The molecule has 1 atom stereocenters. The van der Waals surface area contributed by atoms with Crippen molar-refractivity contribution in [2.45, 2.75) is 25.8 Å². The fourth-order valence-corrected chi connectivity index (χ4v) is 3.37. The molecular weight excluding hydrogens is 476 g/mol. The monoisotopic (exact) mass is 489 g/mol. The molecule has 7 heteroatoms. The second-order valence-corrected chi connectivity index (χ2v) is 6.34. The molecule has 0 saturated heterocycles. The first-order valence-corrected chi connectivity index (χ1v) is 7.74. The first-order chi connectivity index (χ1) is 8.86. The quantitative estimate of drug-likeness (QED) is 0.556. The Balaban J connectivity index is 2.97. The highest BCUT2D eigenvalue weighted by molar-refractivity contribution is 14.1. The smallest absolute Gasteiger partial charge is 0.326 e. The Hall–Kier alpha value is -0.580. The highest BCUT2D eigenvalue weighted by Crippen LogP contribution is 2.27. The Kier molecular flexibility index (Phi) is 6.30. The van der Waals surface area contributed by atoms with E-state index in [1.165, 1.54) is 6.07 Å². The molecule has 19 heavy (non-hydrogen) atoms. The van der Waals surface area contributed by atoms with Gasteiger partial charge in [0.05, 0.1) is 9.13 Å². The summed E-state index contributed by atoms with van der Waals surface area (Å²) >= 11 is 3.95. The molecule has 1 amide bonds. The Morgan fingerprint density at radius 1 is 1.37 bits per heavy atom. The lowest BCUT2D eigenvalue weighted by atomic mass is 10.1. The highest BCUT2D eigenvalue weighted by atomic mass is 127. The number of benzene rings is 1. The van der Waals surface area contributed by atoms with E-state index >= 15 is 0 Å². The standard InChI is InChI=1S/C12H13I2NO4/c1-2-3-9(12(18)19)15-11(17)7-4-6(13)5-8(14)10(7)16/h4-5,9,16H,2-3H2,1H3,(H,15,17)(H,18,19)/t9-/m1/s1. The van der Waals surface area contributed by atoms with Crippen LogP contribution in [0.25, 0.3) is 0 Å². The topological polar surface area (TPSA) is 86.6 Å². The molecule has 0 unspecified atom stereocenters. The van der Waals surface area contributed by atoms with Crippen molar-refractivity contribution < 1.29 is 19.8 Å². The molecule has 1 aromatic rings. The van der Waals surface area contributed by atoms with Crippen molar-refractivity contribution in [1.82, 2.24) is 5.32 Å². The first kappa shape index (κ1) is 16.5. The van der Waals surface area contributed by atoms with Crippen LogP contribution >= 0.6 is 45.2 Å². The summed E-state index contributed by atoms with van der Waals surface area (Å²) in [5, 5.41) is 21.3. The van der Waals surface area contributed by atoms with E-state index in [4.69, 9.17) is 5.11 Å². The molecule has 0 saturated carbocycles. The minimum atomic E-state index is -1.07. The van der Waals surface area contributed by atoms with Crippen LogP contribution in [0.2, 0.25) is 0 Å². The minimum absolute atomic E-state index is 0.0960. The maximum Gasteiger partial charge on any atom is 0.326 e. The molecule has 104 valence electrons. The number of phenolic OH excluding ortho intramolecular Hbond substituents is 1. The van der Waals surface area contributed by atoms with Crippen LogP contribution in [-0.4, -0.2) is 28.1 Å². The molecule has 0 aliphatic rings. The predicted octanol–water partition coefficient (Wildman–Crippen LogP) is 2.58. The zero-order valence-corrected chi connectivity index (χ0v) is 14.4. The largest absolute Gasteiger partial charge is 0.506 e. The van der Waals surface area contributed by atoms with Gasteiger partial charge >= 0.3 is 5.97 Å². The number of phenols is 1. The molecule has 0 spiro atoms. The average molecular weight is 489 g/mol. The van der Waals surface area contributed by atoms with E-state index in [0.29, 0.717) is 16.4 Å². The second kappa shape index (κ2) is 7.27. The maximum absolute atomic E-state index is 12.0. The SMILES string of the molecule is CCC[C@@H](NC(=O)c1cc(I)cc(I)c1O)C(=O)O. The number of carbonyl (C=O) groups is 2. The summed E-state index contributed by atoms with van der Waals surface area (Å²) in [4.78, 5) is 23.0. The van der Waals surface area contributed by atoms with Gasteiger partial charge in [0.25, 0.3) is 5.91 Å². The lowest BCUT2D eigenvalue weighted by Gasteiger charge is -2.14. The third-order valence-corrected chi connectivity index (χ3v) is 3.90. The minimum Gasteiger partial charge on any atom is -0.506 e. The Morgan fingerprint density at radius 2 is 2.00 bits per heavy atom. The van der Waals surface area contributed by atoms with Crippen LogP contribution in [0.3, 0.4) is 0 Å². The third-order valence-electron chi connectivity index (χ3n) is 2.45. The van der Waals surface area contributed by atoms with E-state index in [9.17, 15) is 14.7 Å². The van der Waals surface area contributed by atoms with Crippen molar-refractivity contribution in [3.8, 4) is 5.75 Å². The Labute approximate surface area is 138 Å². The lowest BCUT2D eigenvalue weighted by molar-refractivity contribution is -0.139. The summed E-state index contributed by atoms with van der Waals surface area (Å²) in [6.07, 6.45) is 0.996. The summed E-state index contributed by atoms with van der Waals surface area (Å²) in [6, 6.07) is 2.32. The number of carbonyl (C=O) groups excluding carboxylic acids is 1. The number of hydrogen-bond donors (Lipinski definition) is 3. The van der Waals surface area contributed by atoms with Crippen LogP contribution in [0.4, 0.5) is 0 Å². The zero-order chi connectivity index (χ0) is 14.6. The number of halogens is 2. The van der Waals surface area contributed by atoms with Crippen LogP contribution < -0.4 is 5.32 Å². The molecule has 1 aromatic carbocycles. The molecule has 0 fully saturated rings. The molecule has 0 aromatic heterocycles. The molecule has 0 aliphatic carbocycles. The third kappa shape index (κ3) is 4.48. The van der Waals surface area contributed by atoms with Gasteiger partial charge in [0.1, 0.15) is 11.8 Å². The van der Waals surface area contributed by atoms with Gasteiger partial charge in [-0.05, 0) is 63.7 Å². The van der Waals surface area contributed by atoms with E-state index in [2.05, 4.69) is 5.32 Å². The van der Waals surface area contributed by atoms with Crippen molar-refractivity contribution >= 4 is 57.1 Å². The summed E-state index contributed by atoms with van der Waals surface area (Å²) in [7, 11) is 0. The maximum atomic E-state index is 12.0. The van der Waals surface area contributed by atoms with Crippen LogP contribution in [-0.2, 0) is 4.79 Å². The van der Waals surface area contributed by atoms with Crippen molar-refractivity contribution in [3.63, 3.8) is 0 Å². The van der Waals surface area contributed by atoms with E-state index in [1.54, 1.807) is 6.07 Å². The van der Waals surface area contributed by atoms with Gasteiger partial charge in [0.15, 0.2) is 0 Å². The van der Waals surface area contributed by atoms with Crippen molar-refractivity contribution in [1.29, 1.82) is 0 Å². The van der Waals surface area contributed by atoms with Crippen LogP contribution in [0.1, 0.15) is 30.1 Å². The zero-order valence-electron chi connectivity index (χ0n) is 10.1. The average Bonchev–Trinajstić information content (AvgIpc) is 2.32. The van der Waals surface area contributed by atoms with Gasteiger partial charge in [-0.15, -0.1) is 0 Å². The fourth-order valence-electron chi connectivity index (χ4n) is 1.52. The molecule has 5 nitrogen and oxygen atoms in total. The summed E-state index contributed by atoms with van der Waals surface area (Å²) < 4.78 is 1.35. The molecule has 0 radical (unpaired) electrons. The molecule has 3 N–H and O–H groups in total. The molecule has 0 heterocycles. The van der Waals surface area contributed by atoms with Crippen molar-refractivity contribution in [2.75, 3.05) is 0 Å². The predicted molar refractivity (Wildman–Crippen MR) is 87.3 cm³/mol. The van der Waals surface area contributed by atoms with E-state index in [0.717, 1.165) is 3.57 Å². The molecule has 0 aliphatic heterocycles. The lowest BCUT2D eigenvalue weighted by Crippen LogP contribution is -2.40. The molecule has 1 rings (SSSR count). The van der Waals surface area contributed by atoms with E-state index in [1.807, 2.05) is 52.1 Å². The van der Waals surface area contributed by atoms with Gasteiger partial charge in [0, 0.05) is 3.57 Å². The number of nitrogens with one attached hydrogen (secondary N) is 1. The van der Waals surface area contributed by atoms with Crippen molar-refractivity contribution in [3.05, 3.63) is 24.8 Å². The summed E-state index contributed by atoms with van der Waals surface area (Å²) in [6.45, 7) is 1.84. The summed E-state index contributed by atoms with van der Waals surface area (Å²) in [5.74, 6) is -1.77. The number of amides is 1. The first-order valence-electron chi connectivity index (χ1n) is 5.58. The number of rotatable bonds is 5. The molecule has 0 bridgehead atoms. The fraction of sp³-hybridized carbons (Fsp3) is 0.333. The highest BCUT2D eigenvalue weighted by Gasteiger charge is 2.22. The van der Waals surface area contributed by atoms with Gasteiger partial charge in [0.2, 0.25) is 0 Å². The Morgan fingerprint density at radius 3 is 2.53 bits per heavy atom. The van der Waals surface area contributed by atoms with Gasteiger partial charge in [-0.2, -0.15) is 0 Å². The van der Waals surface area contributed by atoms with Gasteiger partial charge in [-0.1, -0.05) is 13.3 Å². The van der Waals surface area contributed by atoms with Gasteiger partial charge in [-0.3, -0.25) is 4.79 Å². The number of hydrogen-bond acceptors (Lipinski definition) is 3. The second-order valence-electron chi connectivity index (χ2n) is 3.94.